The standard InChI is InChI=1S/C19H21N5O4/c1-11-6-8-19(9-7-11)17(27)24(18(28)20-19)23-15(25)10-14-12-4-2-3-5-13(12)16(26)22-21-14/h2-5,11H,6-10H2,1H3,(H,20,28)(H,22,26)(H,23,25). The van der Waals surface area contributed by atoms with Gasteiger partial charge in [0, 0.05) is 5.39 Å². The van der Waals surface area contributed by atoms with Gasteiger partial charge in [-0.05, 0) is 37.7 Å². The van der Waals surface area contributed by atoms with Crippen LogP contribution in [0.4, 0.5) is 4.79 Å². The molecule has 1 aliphatic carbocycles. The summed E-state index contributed by atoms with van der Waals surface area (Å²) in [5.41, 5.74) is 1.49. The lowest BCUT2D eigenvalue weighted by atomic mass is 9.77. The predicted molar refractivity (Wildman–Crippen MR) is 100.0 cm³/mol. The molecule has 2 aliphatic rings. The van der Waals surface area contributed by atoms with E-state index in [1.807, 2.05) is 0 Å². The summed E-state index contributed by atoms with van der Waals surface area (Å²) in [4.78, 5) is 49.5. The second-order valence-electron chi connectivity index (χ2n) is 7.59. The second-order valence-corrected chi connectivity index (χ2v) is 7.59. The minimum atomic E-state index is -0.917. The van der Waals surface area contributed by atoms with Crippen LogP contribution in [0.15, 0.2) is 29.1 Å². The van der Waals surface area contributed by atoms with E-state index in [4.69, 9.17) is 0 Å². The molecule has 0 radical (unpaired) electrons. The van der Waals surface area contributed by atoms with E-state index in [-0.39, 0.29) is 12.0 Å². The van der Waals surface area contributed by atoms with Crippen molar-refractivity contribution >= 4 is 28.6 Å². The van der Waals surface area contributed by atoms with E-state index < -0.39 is 23.4 Å². The summed E-state index contributed by atoms with van der Waals surface area (Å²) < 4.78 is 0. The number of nitrogens with one attached hydrogen (secondary N) is 3. The van der Waals surface area contributed by atoms with Crippen molar-refractivity contribution in [3.63, 3.8) is 0 Å². The number of hydrazine groups is 1. The van der Waals surface area contributed by atoms with E-state index in [9.17, 15) is 19.2 Å². The molecule has 9 nitrogen and oxygen atoms in total. The number of carbonyl (C=O) groups is 3. The molecule has 0 atom stereocenters. The third-order valence-electron chi connectivity index (χ3n) is 5.63. The second kappa shape index (κ2) is 6.74. The van der Waals surface area contributed by atoms with Gasteiger partial charge in [-0.15, -0.1) is 0 Å². The first-order valence-corrected chi connectivity index (χ1v) is 9.32. The highest BCUT2D eigenvalue weighted by Crippen LogP contribution is 2.35. The highest BCUT2D eigenvalue weighted by Gasteiger charge is 2.52. The molecule has 146 valence electrons. The van der Waals surface area contributed by atoms with Crippen molar-refractivity contribution in [3.8, 4) is 0 Å². The molecule has 0 unspecified atom stereocenters. The number of aromatic amines is 1. The molecular formula is C19H21N5O4. The zero-order chi connectivity index (χ0) is 19.9. The smallest absolute Gasteiger partial charge is 0.322 e. The molecule has 2 fully saturated rings. The first-order valence-electron chi connectivity index (χ1n) is 9.32. The maximum absolute atomic E-state index is 12.8. The lowest BCUT2D eigenvalue weighted by molar-refractivity contribution is -0.139. The third kappa shape index (κ3) is 3.02. The minimum absolute atomic E-state index is 0.182. The van der Waals surface area contributed by atoms with Crippen LogP contribution in [-0.4, -0.2) is 38.6 Å². The number of fused-ring (bicyclic) bond motifs is 1. The van der Waals surface area contributed by atoms with Crippen LogP contribution in [0.1, 0.15) is 38.3 Å². The molecule has 2 aromatic rings. The Hall–Kier alpha value is -3.23. The van der Waals surface area contributed by atoms with Gasteiger partial charge in [-0.25, -0.2) is 9.89 Å². The fraction of sp³-hybridized carbons (Fsp3) is 0.421. The SMILES string of the molecule is CC1CCC2(CC1)NC(=O)N(NC(=O)Cc1n[nH]c(=O)c3ccccc13)C2=O. The summed E-state index contributed by atoms with van der Waals surface area (Å²) in [6.45, 7) is 2.12. The zero-order valence-corrected chi connectivity index (χ0v) is 15.4. The number of H-pyrrole nitrogens is 1. The first kappa shape index (κ1) is 18.1. The Balaban J connectivity index is 1.50. The van der Waals surface area contributed by atoms with Gasteiger partial charge in [0.05, 0.1) is 17.5 Å². The number of carbonyl (C=O) groups excluding carboxylic acids is 3. The maximum Gasteiger partial charge on any atom is 0.344 e. The lowest BCUT2D eigenvalue weighted by Crippen LogP contribution is -2.51. The fourth-order valence-electron chi connectivity index (χ4n) is 3.94. The van der Waals surface area contributed by atoms with Crippen LogP contribution < -0.4 is 16.3 Å². The van der Waals surface area contributed by atoms with Gasteiger partial charge in [0.25, 0.3) is 11.5 Å². The first-order chi connectivity index (χ1) is 13.4. The number of rotatable bonds is 3. The molecule has 1 saturated heterocycles. The van der Waals surface area contributed by atoms with Gasteiger partial charge < -0.3 is 5.32 Å². The highest BCUT2D eigenvalue weighted by atomic mass is 16.2. The largest absolute Gasteiger partial charge is 0.344 e. The summed E-state index contributed by atoms with van der Waals surface area (Å²) in [7, 11) is 0. The van der Waals surface area contributed by atoms with E-state index in [2.05, 4.69) is 27.9 Å². The van der Waals surface area contributed by atoms with Gasteiger partial charge in [0.15, 0.2) is 0 Å². The van der Waals surface area contributed by atoms with Crippen molar-refractivity contribution in [1.82, 2.24) is 25.9 Å². The molecule has 1 saturated carbocycles. The summed E-state index contributed by atoms with van der Waals surface area (Å²) in [6, 6.07) is 6.19. The van der Waals surface area contributed by atoms with Crippen LogP contribution in [0.3, 0.4) is 0 Å². The normalized spacial score (nSPS) is 24.6. The van der Waals surface area contributed by atoms with Gasteiger partial charge >= 0.3 is 6.03 Å². The van der Waals surface area contributed by atoms with Crippen molar-refractivity contribution in [2.75, 3.05) is 0 Å². The molecule has 0 bridgehead atoms. The monoisotopic (exact) mass is 383 g/mol. The van der Waals surface area contributed by atoms with E-state index >= 15 is 0 Å². The summed E-state index contributed by atoms with van der Waals surface area (Å²) in [6.07, 6.45) is 2.65. The van der Waals surface area contributed by atoms with Crippen LogP contribution in [-0.2, 0) is 16.0 Å². The number of hydrogen-bond acceptors (Lipinski definition) is 5. The Morgan fingerprint density at radius 2 is 1.89 bits per heavy atom. The molecule has 4 amide bonds. The molecular weight excluding hydrogens is 362 g/mol. The summed E-state index contributed by atoms with van der Waals surface area (Å²) in [5, 5.41) is 10.8. The molecule has 1 aromatic carbocycles. The van der Waals surface area contributed by atoms with Crippen molar-refractivity contribution < 1.29 is 14.4 Å². The molecule has 4 rings (SSSR count). The quantitative estimate of drug-likeness (QED) is 0.682. The molecule has 9 heteroatoms. The molecule has 28 heavy (non-hydrogen) atoms. The minimum Gasteiger partial charge on any atom is -0.322 e. The molecule has 1 aliphatic heterocycles. The van der Waals surface area contributed by atoms with E-state index in [1.165, 1.54) is 0 Å². The Kier molecular flexibility index (Phi) is 4.37. The van der Waals surface area contributed by atoms with E-state index in [0.29, 0.717) is 35.2 Å². The van der Waals surface area contributed by atoms with Crippen LogP contribution in [0, 0.1) is 5.92 Å². The molecule has 1 aromatic heterocycles. The number of urea groups is 1. The van der Waals surface area contributed by atoms with Gasteiger partial charge in [-0.2, -0.15) is 10.1 Å². The summed E-state index contributed by atoms with van der Waals surface area (Å²) in [5.74, 6) is -0.468. The summed E-state index contributed by atoms with van der Waals surface area (Å²) >= 11 is 0. The van der Waals surface area contributed by atoms with Gasteiger partial charge in [-0.1, -0.05) is 25.1 Å². The van der Waals surface area contributed by atoms with Crippen LogP contribution >= 0.6 is 0 Å². The topological polar surface area (TPSA) is 124 Å². The van der Waals surface area contributed by atoms with Crippen molar-refractivity contribution in [1.29, 1.82) is 0 Å². The zero-order valence-electron chi connectivity index (χ0n) is 15.4. The van der Waals surface area contributed by atoms with Gasteiger partial charge in [0.1, 0.15) is 5.54 Å². The van der Waals surface area contributed by atoms with E-state index in [0.717, 1.165) is 17.9 Å². The number of imide groups is 1. The Bertz CT molecular complexity index is 1020. The van der Waals surface area contributed by atoms with E-state index in [1.54, 1.807) is 24.3 Å². The van der Waals surface area contributed by atoms with Crippen molar-refractivity contribution in [3.05, 3.63) is 40.3 Å². The molecule has 2 heterocycles. The Morgan fingerprint density at radius 3 is 2.61 bits per heavy atom. The predicted octanol–water partition coefficient (Wildman–Crippen LogP) is 0.998. The Labute approximate surface area is 160 Å². The number of benzene rings is 1. The third-order valence-corrected chi connectivity index (χ3v) is 5.63. The van der Waals surface area contributed by atoms with Gasteiger partial charge in [-0.3, -0.25) is 19.8 Å². The number of amides is 4. The van der Waals surface area contributed by atoms with Crippen molar-refractivity contribution in [2.45, 2.75) is 44.6 Å². The molecule has 3 N–H and O–H groups in total. The Morgan fingerprint density at radius 1 is 1.21 bits per heavy atom. The average Bonchev–Trinajstić information content (AvgIpc) is 2.91. The molecule has 1 spiro atoms. The van der Waals surface area contributed by atoms with Crippen LogP contribution in [0.25, 0.3) is 10.8 Å². The highest BCUT2D eigenvalue weighted by molar-refractivity contribution is 6.08. The number of hydrogen-bond donors (Lipinski definition) is 3. The number of nitrogens with zero attached hydrogens (tertiary/aromatic N) is 2. The van der Waals surface area contributed by atoms with Crippen molar-refractivity contribution in [2.24, 2.45) is 5.92 Å². The average molecular weight is 383 g/mol. The fourth-order valence-corrected chi connectivity index (χ4v) is 3.94. The number of aromatic nitrogens is 2. The van der Waals surface area contributed by atoms with Crippen LogP contribution in [0.2, 0.25) is 0 Å². The maximum atomic E-state index is 12.8. The lowest BCUT2D eigenvalue weighted by Gasteiger charge is -2.33. The van der Waals surface area contributed by atoms with Crippen LogP contribution in [0.5, 0.6) is 0 Å². The van der Waals surface area contributed by atoms with Gasteiger partial charge in [0.2, 0.25) is 5.91 Å².